The molecule has 2 aromatic carbocycles. The first kappa shape index (κ1) is 21.7. The number of nitrogens with two attached hydrogens (primary N) is 1. The molecule has 0 aliphatic carbocycles. The number of benzene rings is 2. The molecule has 2 N–H and O–H groups in total. The van der Waals surface area contributed by atoms with Gasteiger partial charge in [-0.1, -0.05) is 18.2 Å². The fraction of sp³-hybridized carbons (Fsp3) is 0.273. The third-order valence-corrected chi connectivity index (χ3v) is 5.13. The van der Waals surface area contributed by atoms with Crippen molar-refractivity contribution in [2.75, 3.05) is 27.3 Å². The molecule has 1 amide bonds. The summed E-state index contributed by atoms with van der Waals surface area (Å²) in [5, 5.41) is 4.73. The molecular weight excluding hydrogens is 404 g/mol. The highest BCUT2D eigenvalue weighted by Gasteiger charge is 2.28. The monoisotopic (exact) mass is 428 g/mol. The van der Waals surface area contributed by atoms with Gasteiger partial charge in [0.2, 0.25) is 0 Å². The van der Waals surface area contributed by atoms with Crippen LogP contribution in [0.25, 0.3) is 16.9 Å². The third kappa shape index (κ3) is 4.13. The molecule has 4 rings (SSSR count). The van der Waals surface area contributed by atoms with Gasteiger partial charge in [0.25, 0.3) is 5.91 Å². The van der Waals surface area contributed by atoms with Crippen LogP contribution in [-0.4, -0.2) is 53.9 Å². The van der Waals surface area contributed by atoms with E-state index in [9.17, 15) is 4.79 Å². The Hall–Kier alpha value is -3.03. The molecular formula is C22H25ClN4O3. The zero-order valence-corrected chi connectivity index (χ0v) is 17.8. The fourth-order valence-corrected chi connectivity index (χ4v) is 3.58. The van der Waals surface area contributed by atoms with Crippen LogP contribution in [0.1, 0.15) is 16.8 Å². The van der Waals surface area contributed by atoms with Gasteiger partial charge in [-0.15, -0.1) is 12.4 Å². The number of hydrogen-bond acceptors (Lipinski definition) is 5. The van der Waals surface area contributed by atoms with Crippen LogP contribution in [0.3, 0.4) is 0 Å². The van der Waals surface area contributed by atoms with Crippen LogP contribution in [0.2, 0.25) is 0 Å². The first-order valence-electron chi connectivity index (χ1n) is 9.53. The van der Waals surface area contributed by atoms with E-state index in [-0.39, 0.29) is 24.4 Å². The van der Waals surface area contributed by atoms with Crippen molar-refractivity contribution in [3.05, 3.63) is 60.3 Å². The Morgan fingerprint density at radius 1 is 1.10 bits per heavy atom. The van der Waals surface area contributed by atoms with Crippen molar-refractivity contribution in [3.63, 3.8) is 0 Å². The van der Waals surface area contributed by atoms with Gasteiger partial charge in [0.15, 0.2) is 11.5 Å². The van der Waals surface area contributed by atoms with Crippen LogP contribution in [0.5, 0.6) is 11.5 Å². The molecule has 8 heteroatoms. The van der Waals surface area contributed by atoms with Crippen molar-refractivity contribution in [1.82, 2.24) is 14.7 Å². The average molecular weight is 429 g/mol. The van der Waals surface area contributed by atoms with Gasteiger partial charge in [0, 0.05) is 30.9 Å². The van der Waals surface area contributed by atoms with Crippen LogP contribution in [-0.2, 0) is 0 Å². The largest absolute Gasteiger partial charge is 0.493 e. The van der Waals surface area contributed by atoms with E-state index in [1.807, 2.05) is 48.5 Å². The Balaban J connectivity index is 0.00000256. The lowest BCUT2D eigenvalue weighted by atomic mass is 10.1. The Labute approximate surface area is 181 Å². The highest BCUT2D eigenvalue weighted by molar-refractivity contribution is 6.00. The zero-order chi connectivity index (χ0) is 20.4. The lowest BCUT2D eigenvalue weighted by Gasteiger charge is -2.15. The number of ether oxygens (including phenoxy) is 2. The molecule has 1 aliphatic rings. The molecule has 2 heterocycles. The van der Waals surface area contributed by atoms with Crippen molar-refractivity contribution in [1.29, 1.82) is 0 Å². The number of nitrogens with zero attached hydrogens (tertiary/aromatic N) is 3. The van der Waals surface area contributed by atoms with Gasteiger partial charge in [-0.25, -0.2) is 4.68 Å². The zero-order valence-electron chi connectivity index (χ0n) is 16.9. The summed E-state index contributed by atoms with van der Waals surface area (Å²) in [6.07, 6.45) is 2.60. The number of halogens is 1. The average Bonchev–Trinajstić information content (AvgIpc) is 3.40. The maximum absolute atomic E-state index is 13.3. The Morgan fingerprint density at radius 3 is 2.47 bits per heavy atom. The molecule has 158 valence electrons. The molecule has 3 aromatic rings. The van der Waals surface area contributed by atoms with E-state index in [0.29, 0.717) is 35.8 Å². The van der Waals surface area contributed by atoms with E-state index in [4.69, 9.17) is 20.3 Å². The Bertz CT molecular complexity index is 1020. The quantitative estimate of drug-likeness (QED) is 0.675. The minimum absolute atomic E-state index is 0. The third-order valence-electron chi connectivity index (χ3n) is 5.13. The van der Waals surface area contributed by atoms with E-state index in [2.05, 4.69) is 0 Å². The smallest absolute Gasteiger partial charge is 0.257 e. The minimum atomic E-state index is -0.0649. The first-order valence-corrected chi connectivity index (χ1v) is 9.53. The van der Waals surface area contributed by atoms with Crippen LogP contribution in [0.4, 0.5) is 0 Å². The maximum atomic E-state index is 13.3. The van der Waals surface area contributed by atoms with E-state index >= 15 is 0 Å². The summed E-state index contributed by atoms with van der Waals surface area (Å²) in [5.74, 6) is 1.14. The van der Waals surface area contributed by atoms with Gasteiger partial charge in [-0.3, -0.25) is 4.79 Å². The van der Waals surface area contributed by atoms with Crippen molar-refractivity contribution in [3.8, 4) is 28.4 Å². The van der Waals surface area contributed by atoms with E-state index in [0.717, 1.165) is 17.7 Å². The molecule has 0 unspecified atom stereocenters. The summed E-state index contributed by atoms with van der Waals surface area (Å²) in [7, 11) is 3.18. The summed E-state index contributed by atoms with van der Waals surface area (Å²) in [5.41, 5.74) is 8.81. The number of para-hydroxylation sites is 1. The van der Waals surface area contributed by atoms with E-state index in [1.54, 1.807) is 30.0 Å². The van der Waals surface area contributed by atoms with Gasteiger partial charge >= 0.3 is 0 Å². The predicted octanol–water partition coefficient (Wildman–Crippen LogP) is 3.15. The van der Waals surface area contributed by atoms with Gasteiger partial charge in [-0.2, -0.15) is 5.10 Å². The Morgan fingerprint density at radius 2 is 1.83 bits per heavy atom. The summed E-state index contributed by atoms with van der Waals surface area (Å²) in [6, 6.07) is 15.3. The molecule has 1 saturated heterocycles. The van der Waals surface area contributed by atoms with Crippen molar-refractivity contribution < 1.29 is 14.3 Å². The van der Waals surface area contributed by atoms with Gasteiger partial charge in [-0.05, 0) is 36.8 Å². The molecule has 0 radical (unpaired) electrons. The second kappa shape index (κ2) is 9.19. The van der Waals surface area contributed by atoms with E-state index < -0.39 is 0 Å². The molecule has 1 aliphatic heterocycles. The number of carbonyl (C=O) groups excluding carboxylic acids is 1. The van der Waals surface area contributed by atoms with Crippen LogP contribution in [0.15, 0.2) is 54.7 Å². The molecule has 0 spiro atoms. The molecule has 7 nitrogen and oxygen atoms in total. The summed E-state index contributed by atoms with van der Waals surface area (Å²) in [6.45, 7) is 1.21. The number of rotatable bonds is 5. The van der Waals surface area contributed by atoms with Gasteiger partial charge < -0.3 is 20.1 Å². The molecule has 30 heavy (non-hydrogen) atoms. The molecule has 1 atom stereocenters. The summed E-state index contributed by atoms with van der Waals surface area (Å²) < 4.78 is 12.5. The first-order chi connectivity index (χ1) is 14.1. The number of aromatic nitrogens is 2. The lowest BCUT2D eigenvalue weighted by molar-refractivity contribution is 0.0791. The van der Waals surface area contributed by atoms with Gasteiger partial charge in [0.05, 0.1) is 25.5 Å². The van der Waals surface area contributed by atoms with Crippen molar-refractivity contribution in [2.24, 2.45) is 5.73 Å². The second-order valence-electron chi connectivity index (χ2n) is 7.04. The topological polar surface area (TPSA) is 82.6 Å². The normalized spacial score (nSPS) is 15.6. The highest BCUT2D eigenvalue weighted by Crippen LogP contribution is 2.34. The van der Waals surface area contributed by atoms with Crippen LogP contribution < -0.4 is 15.2 Å². The second-order valence-corrected chi connectivity index (χ2v) is 7.04. The maximum Gasteiger partial charge on any atom is 0.257 e. The fourth-order valence-electron chi connectivity index (χ4n) is 3.58. The van der Waals surface area contributed by atoms with Crippen molar-refractivity contribution >= 4 is 18.3 Å². The van der Waals surface area contributed by atoms with Crippen molar-refractivity contribution in [2.45, 2.75) is 12.5 Å². The predicted molar refractivity (Wildman–Crippen MR) is 118 cm³/mol. The van der Waals surface area contributed by atoms with Crippen LogP contribution >= 0.6 is 12.4 Å². The Kier molecular flexibility index (Phi) is 6.64. The number of likely N-dealkylation sites (tertiary alicyclic amines) is 1. The molecule has 1 aromatic heterocycles. The summed E-state index contributed by atoms with van der Waals surface area (Å²) >= 11 is 0. The van der Waals surface area contributed by atoms with Gasteiger partial charge in [0.1, 0.15) is 5.69 Å². The standard InChI is InChI=1S/C22H24N4O3.ClH/c1-28-19-9-8-15(12-20(19)29-2)21-18(22(27)25-11-10-16(23)13-25)14-26(24-21)17-6-4-3-5-7-17;/h3-9,12,14,16H,10-11,13,23H2,1-2H3;1H/t16-;/m0./s1. The highest BCUT2D eigenvalue weighted by atomic mass is 35.5. The molecule has 0 saturated carbocycles. The van der Waals surface area contributed by atoms with Crippen LogP contribution in [0, 0.1) is 0 Å². The number of hydrogen-bond donors (Lipinski definition) is 1. The molecule has 1 fully saturated rings. The lowest BCUT2D eigenvalue weighted by Crippen LogP contribution is -2.32. The molecule has 0 bridgehead atoms. The number of amides is 1. The summed E-state index contributed by atoms with van der Waals surface area (Å²) in [4.78, 5) is 15.1. The number of carbonyl (C=O) groups is 1. The number of methoxy groups -OCH3 is 2. The minimum Gasteiger partial charge on any atom is -0.493 e. The van der Waals surface area contributed by atoms with E-state index in [1.165, 1.54) is 0 Å². The SMILES string of the molecule is COc1ccc(-c2nn(-c3ccccc3)cc2C(=O)N2CC[C@H](N)C2)cc1OC.Cl.